The number of methoxy groups -OCH3 is 1. The Kier molecular flexibility index (Phi) is 6.05. The Morgan fingerprint density at radius 3 is 2.68 bits per heavy atom. The van der Waals surface area contributed by atoms with Gasteiger partial charge in [-0.3, -0.25) is 4.79 Å². The van der Waals surface area contributed by atoms with Gasteiger partial charge in [0.05, 0.1) is 25.4 Å². The van der Waals surface area contributed by atoms with Crippen LogP contribution in [0.4, 0.5) is 0 Å². The molecule has 2 heterocycles. The SMILES string of the molecule is COc1ccc(-c2nnc(SCC(=O)c3cn(CCC#N)c4ccccc34)n2C)cc1. The van der Waals surface area contributed by atoms with E-state index in [2.05, 4.69) is 16.3 Å². The maximum atomic E-state index is 13.0. The Hall–Kier alpha value is -3.57. The summed E-state index contributed by atoms with van der Waals surface area (Å²) in [6, 6.07) is 17.6. The van der Waals surface area contributed by atoms with Crippen molar-refractivity contribution in [2.24, 2.45) is 7.05 Å². The van der Waals surface area contributed by atoms with Crippen LogP contribution in [-0.2, 0) is 13.6 Å². The van der Waals surface area contributed by atoms with E-state index in [0.717, 1.165) is 28.0 Å². The smallest absolute Gasteiger partial charge is 0.191 e. The lowest BCUT2D eigenvalue weighted by molar-refractivity contribution is 0.102. The van der Waals surface area contributed by atoms with Crippen LogP contribution >= 0.6 is 11.8 Å². The van der Waals surface area contributed by atoms with Crippen molar-refractivity contribution in [3.05, 3.63) is 60.3 Å². The number of carbonyl (C=O) groups excluding carboxylic acids is 1. The molecular weight excluding hydrogens is 410 g/mol. The summed E-state index contributed by atoms with van der Waals surface area (Å²) in [6.45, 7) is 0.561. The van der Waals surface area contributed by atoms with Crippen molar-refractivity contribution in [2.75, 3.05) is 12.9 Å². The van der Waals surface area contributed by atoms with E-state index in [1.54, 1.807) is 7.11 Å². The number of thioether (sulfide) groups is 1. The molecule has 0 atom stereocenters. The molecule has 0 saturated heterocycles. The molecule has 0 saturated carbocycles. The zero-order valence-corrected chi connectivity index (χ0v) is 18.1. The molecule has 0 unspecified atom stereocenters. The first-order valence-corrected chi connectivity index (χ1v) is 10.8. The lowest BCUT2D eigenvalue weighted by Gasteiger charge is -2.05. The van der Waals surface area contributed by atoms with E-state index in [1.807, 2.05) is 70.9 Å². The molecule has 2 aromatic carbocycles. The number of carbonyl (C=O) groups is 1. The fraction of sp³-hybridized carbons (Fsp3) is 0.217. The van der Waals surface area contributed by atoms with Gasteiger partial charge in [-0.15, -0.1) is 10.2 Å². The van der Waals surface area contributed by atoms with Gasteiger partial charge in [-0.2, -0.15) is 5.26 Å². The van der Waals surface area contributed by atoms with Gasteiger partial charge in [-0.1, -0.05) is 30.0 Å². The van der Waals surface area contributed by atoms with Crippen LogP contribution in [0.2, 0.25) is 0 Å². The van der Waals surface area contributed by atoms with E-state index < -0.39 is 0 Å². The quantitative estimate of drug-likeness (QED) is 0.305. The first kappa shape index (κ1) is 20.7. The third-order valence-corrected chi connectivity index (χ3v) is 6.09. The second kappa shape index (κ2) is 9.06. The molecule has 4 aromatic rings. The highest BCUT2D eigenvalue weighted by molar-refractivity contribution is 7.99. The van der Waals surface area contributed by atoms with Crippen molar-refractivity contribution in [2.45, 2.75) is 18.1 Å². The van der Waals surface area contributed by atoms with Gasteiger partial charge >= 0.3 is 0 Å². The summed E-state index contributed by atoms with van der Waals surface area (Å²) < 4.78 is 9.06. The summed E-state index contributed by atoms with van der Waals surface area (Å²) in [7, 11) is 3.52. The molecule has 0 aliphatic rings. The highest BCUT2D eigenvalue weighted by Crippen LogP contribution is 2.27. The number of hydrogen-bond donors (Lipinski definition) is 0. The van der Waals surface area contributed by atoms with Crippen molar-refractivity contribution in [3.63, 3.8) is 0 Å². The van der Waals surface area contributed by atoms with Gasteiger partial charge in [-0.05, 0) is 30.3 Å². The number of nitriles is 1. The lowest BCUT2D eigenvalue weighted by atomic mass is 10.1. The Morgan fingerprint density at radius 2 is 1.94 bits per heavy atom. The van der Waals surface area contributed by atoms with E-state index >= 15 is 0 Å². The molecule has 0 spiro atoms. The number of nitrogens with zero attached hydrogens (tertiary/aromatic N) is 5. The molecule has 7 nitrogen and oxygen atoms in total. The van der Waals surface area contributed by atoms with Gasteiger partial charge in [0.1, 0.15) is 5.75 Å². The molecule has 8 heteroatoms. The number of aryl methyl sites for hydroxylation is 1. The van der Waals surface area contributed by atoms with Crippen LogP contribution in [0.25, 0.3) is 22.3 Å². The van der Waals surface area contributed by atoms with Crippen LogP contribution in [0.15, 0.2) is 59.9 Å². The molecule has 0 radical (unpaired) electrons. The van der Waals surface area contributed by atoms with Crippen LogP contribution < -0.4 is 4.74 Å². The average Bonchev–Trinajstić information content (AvgIpc) is 3.36. The lowest BCUT2D eigenvalue weighted by Crippen LogP contribution is -2.04. The van der Waals surface area contributed by atoms with Gasteiger partial charge in [-0.25, -0.2) is 0 Å². The summed E-state index contributed by atoms with van der Waals surface area (Å²) in [5, 5.41) is 19.0. The largest absolute Gasteiger partial charge is 0.497 e. The summed E-state index contributed by atoms with van der Waals surface area (Å²) in [5.74, 6) is 1.78. The standard InChI is InChI=1S/C23H21N5O2S/c1-27-22(16-8-10-17(30-2)11-9-16)25-26-23(27)31-15-21(29)19-14-28(13-5-12-24)20-7-4-3-6-18(19)20/h3-4,6-11,14H,5,13,15H2,1-2H3. The van der Waals surface area contributed by atoms with E-state index in [4.69, 9.17) is 10.00 Å². The molecule has 0 amide bonds. The molecule has 4 rings (SSSR count). The number of ketones is 1. The Morgan fingerprint density at radius 1 is 1.16 bits per heavy atom. The molecule has 2 aromatic heterocycles. The number of hydrogen-bond acceptors (Lipinski definition) is 6. The van der Waals surface area contributed by atoms with Crippen molar-refractivity contribution in [3.8, 4) is 23.2 Å². The van der Waals surface area contributed by atoms with Gasteiger partial charge in [0, 0.05) is 41.8 Å². The fourth-order valence-electron chi connectivity index (χ4n) is 3.46. The summed E-state index contributed by atoms with van der Waals surface area (Å²) >= 11 is 1.36. The molecule has 0 N–H and O–H groups in total. The highest BCUT2D eigenvalue weighted by Gasteiger charge is 2.17. The van der Waals surface area contributed by atoms with E-state index in [1.165, 1.54) is 11.8 Å². The van der Waals surface area contributed by atoms with Gasteiger partial charge in [0.25, 0.3) is 0 Å². The third kappa shape index (κ3) is 4.18. The van der Waals surface area contributed by atoms with E-state index in [9.17, 15) is 4.79 Å². The summed E-state index contributed by atoms with van der Waals surface area (Å²) in [6.07, 6.45) is 2.25. The van der Waals surface area contributed by atoms with E-state index in [-0.39, 0.29) is 11.5 Å². The van der Waals surface area contributed by atoms with Crippen LogP contribution in [0.1, 0.15) is 16.8 Å². The summed E-state index contributed by atoms with van der Waals surface area (Å²) in [4.78, 5) is 13.0. The minimum absolute atomic E-state index is 0.0194. The normalized spacial score (nSPS) is 10.9. The second-order valence-corrected chi connectivity index (χ2v) is 7.91. The van der Waals surface area contributed by atoms with Gasteiger partial charge in [0.15, 0.2) is 16.8 Å². The van der Waals surface area contributed by atoms with Crippen LogP contribution in [-0.4, -0.2) is 38.0 Å². The first-order chi connectivity index (χ1) is 15.1. The minimum Gasteiger partial charge on any atom is -0.497 e. The topological polar surface area (TPSA) is 85.7 Å². The number of rotatable bonds is 8. The Bertz CT molecular complexity index is 1270. The highest BCUT2D eigenvalue weighted by atomic mass is 32.2. The zero-order chi connectivity index (χ0) is 21.8. The number of aromatic nitrogens is 4. The van der Waals surface area contributed by atoms with Crippen molar-refractivity contribution in [1.82, 2.24) is 19.3 Å². The maximum absolute atomic E-state index is 13.0. The summed E-state index contributed by atoms with van der Waals surface area (Å²) in [5.41, 5.74) is 2.56. The molecule has 0 aliphatic heterocycles. The first-order valence-electron chi connectivity index (χ1n) is 9.77. The number of Topliss-reactive ketones (excluding diaryl/α,β-unsaturated/α-hetero) is 1. The van der Waals surface area contributed by atoms with Gasteiger partial charge < -0.3 is 13.9 Å². The monoisotopic (exact) mass is 431 g/mol. The van der Waals surface area contributed by atoms with Crippen LogP contribution in [0.3, 0.4) is 0 Å². The van der Waals surface area contributed by atoms with Gasteiger partial charge in [0.2, 0.25) is 0 Å². The van der Waals surface area contributed by atoms with Crippen molar-refractivity contribution < 1.29 is 9.53 Å². The Balaban J connectivity index is 1.52. The molecule has 0 aliphatic carbocycles. The third-order valence-electron chi connectivity index (χ3n) is 5.07. The van der Waals surface area contributed by atoms with Crippen LogP contribution in [0.5, 0.6) is 5.75 Å². The molecule has 31 heavy (non-hydrogen) atoms. The predicted octanol–water partition coefficient (Wildman–Crippen LogP) is 4.33. The average molecular weight is 432 g/mol. The maximum Gasteiger partial charge on any atom is 0.191 e. The number of benzene rings is 2. The zero-order valence-electron chi connectivity index (χ0n) is 17.3. The predicted molar refractivity (Wildman–Crippen MR) is 120 cm³/mol. The molecule has 156 valence electrons. The number of para-hydroxylation sites is 1. The molecule has 0 bridgehead atoms. The molecular formula is C23H21N5O2S. The minimum atomic E-state index is 0.0194. The second-order valence-electron chi connectivity index (χ2n) is 6.97. The number of fused-ring (bicyclic) bond motifs is 1. The van der Waals surface area contributed by atoms with E-state index in [0.29, 0.717) is 23.7 Å². The van der Waals surface area contributed by atoms with Crippen molar-refractivity contribution >= 4 is 28.4 Å². The molecule has 0 fully saturated rings. The fourth-order valence-corrected chi connectivity index (χ4v) is 4.26. The Labute approximate surface area is 184 Å². The number of ether oxygens (including phenoxy) is 1. The van der Waals surface area contributed by atoms with Crippen LogP contribution in [0, 0.1) is 11.3 Å². The van der Waals surface area contributed by atoms with Crippen molar-refractivity contribution in [1.29, 1.82) is 5.26 Å².